The van der Waals surface area contributed by atoms with Crippen molar-refractivity contribution in [3.05, 3.63) is 60.7 Å². The summed E-state index contributed by atoms with van der Waals surface area (Å²) in [5.74, 6) is 0. The van der Waals surface area contributed by atoms with Gasteiger partial charge in [0.15, 0.2) is 0 Å². The standard InChI is InChI=1S/C15H21N2/c1-5-7-12-9-14(16)10-13(8-6-2)15(12)11-17(3)4/h5-6,9-11H,1-2,7-8,16H2,3-4H3. The van der Waals surface area contributed by atoms with Crippen LogP contribution in [0.4, 0.5) is 5.69 Å². The van der Waals surface area contributed by atoms with Gasteiger partial charge in [-0.25, -0.2) is 0 Å². The lowest BCUT2D eigenvalue weighted by atomic mass is 9.95. The van der Waals surface area contributed by atoms with E-state index in [1.807, 2.05) is 43.3 Å². The maximum absolute atomic E-state index is 5.92. The van der Waals surface area contributed by atoms with E-state index in [0.29, 0.717) is 0 Å². The average molecular weight is 229 g/mol. The quantitative estimate of drug-likeness (QED) is 0.600. The minimum atomic E-state index is 0.801. The highest BCUT2D eigenvalue weighted by atomic mass is 15.0. The second-order valence-corrected chi connectivity index (χ2v) is 4.33. The van der Waals surface area contributed by atoms with Gasteiger partial charge in [0.25, 0.3) is 0 Å². The van der Waals surface area contributed by atoms with Gasteiger partial charge >= 0.3 is 0 Å². The van der Waals surface area contributed by atoms with Crippen LogP contribution < -0.4 is 5.73 Å². The number of nitrogens with two attached hydrogens (primary N) is 1. The van der Waals surface area contributed by atoms with Gasteiger partial charge in [0, 0.05) is 5.69 Å². The van der Waals surface area contributed by atoms with Crippen molar-refractivity contribution in [1.29, 1.82) is 0 Å². The number of rotatable bonds is 6. The maximum Gasteiger partial charge on any atom is 0.0546 e. The molecular weight excluding hydrogens is 208 g/mol. The average Bonchev–Trinajstić information content (AvgIpc) is 2.23. The second kappa shape index (κ2) is 6.26. The van der Waals surface area contributed by atoms with E-state index >= 15 is 0 Å². The maximum atomic E-state index is 5.92. The molecule has 0 aliphatic heterocycles. The zero-order valence-corrected chi connectivity index (χ0v) is 10.7. The lowest BCUT2D eigenvalue weighted by molar-refractivity contribution is 0.514. The van der Waals surface area contributed by atoms with Crippen molar-refractivity contribution in [2.75, 3.05) is 19.8 Å². The fraction of sp³-hybridized carbons (Fsp3) is 0.267. The molecule has 2 N–H and O–H groups in total. The molecule has 1 rings (SSSR count). The lowest BCUT2D eigenvalue weighted by Crippen LogP contribution is -2.12. The van der Waals surface area contributed by atoms with E-state index in [-0.39, 0.29) is 0 Å². The fourth-order valence-electron chi connectivity index (χ4n) is 1.88. The molecule has 0 aliphatic rings. The Morgan fingerprint density at radius 1 is 1.12 bits per heavy atom. The number of hydrogen-bond acceptors (Lipinski definition) is 2. The van der Waals surface area contributed by atoms with Crippen LogP contribution in [-0.2, 0) is 12.8 Å². The molecule has 0 aliphatic carbocycles. The number of nitrogen functional groups attached to an aromatic ring is 1. The molecule has 17 heavy (non-hydrogen) atoms. The predicted molar refractivity (Wildman–Crippen MR) is 75.7 cm³/mol. The Balaban J connectivity index is 3.24. The molecule has 0 atom stereocenters. The lowest BCUT2D eigenvalue weighted by Gasteiger charge is -2.17. The van der Waals surface area contributed by atoms with Gasteiger partial charge in [-0.05, 0) is 55.8 Å². The van der Waals surface area contributed by atoms with E-state index in [1.54, 1.807) is 0 Å². The molecule has 0 fully saturated rings. The Kier molecular flexibility index (Phi) is 4.98. The molecule has 0 amide bonds. The molecule has 0 saturated carbocycles. The molecule has 1 radical (unpaired) electrons. The summed E-state index contributed by atoms with van der Waals surface area (Å²) in [6.45, 7) is 9.71. The normalized spacial score (nSPS) is 10.5. The minimum absolute atomic E-state index is 0.801. The Morgan fingerprint density at radius 2 is 1.59 bits per heavy atom. The predicted octanol–water partition coefficient (Wildman–Crippen LogP) is 2.80. The third-order valence-electron chi connectivity index (χ3n) is 2.49. The van der Waals surface area contributed by atoms with E-state index in [4.69, 9.17) is 5.73 Å². The zero-order valence-electron chi connectivity index (χ0n) is 10.7. The van der Waals surface area contributed by atoms with Gasteiger partial charge in [-0.2, -0.15) is 0 Å². The van der Waals surface area contributed by atoms with Gasteiger partial charge in [0.1, 0.15) is 0 Å². The van der Waals surface area contributed by atoms with E-state index in [2.05, 4.69) is 19.7 Å². The minimum Gasteiger partial charge on any atom is -0.399 e. The van der Waals surface area contributed by atoms with Crippen LogP contribution in [0.5, 0.6) is 0 Å². The highest BCUT2D eigenvalue weighted by Gasteiger charge is 2.10. The monoisotopic (exact) mass is 229 g/mol. The molecular formula is C15H21N2. The smallest absolute Gasteiger partial charge is 0.0546 e. The third kappa shape index (κ3) is 3.75. The van der Waals surface area contributed by atoms with Crippen molar-refractivity contribution in [3.63, 3.8) is 0 Å². The molecule has 1 aromatic rings. The van der Waals surface area contributed by atoms with E-state index in [0.717, 1.165) is 18.5 Å². The summed E-state index contributed by atoms with van der Waals surface area (Å²) in [6.07, 6.45) is 5.46. The molecule has 0 heterocycles. The SMILES string of the molecule is C=CCc1cc(N)cc(CC=C)c1[CH]N(C)C. The topological polar surface area (TPSA) is 29.3 Å². The van der Waals surface area contributed by atoms with Crippen molar-refractivity contribution in [2.24, 2.45) is 0 Å². The van der Waals surface area contributed by atoms with Crippen LogP contribution in [0.25, 0.3) is 0 Å². The van der Waals surface area contributed by atoms with Crippen molar-refractivity contribution < 1.29 is 0 Å². The summed E-state index contributed by atoms with van der Waals surface area (Å²) < 4.78 is 0. The first kappa shape index (κ1) is 13.5. The number of nitrogens with zero attached hydrogens (tertiary/aromatic N) is 1. The zero-order chi connectivity index (χ0) is 12.8. The third-order valence-corrected chi connectivity index (χ3v) is 2.49. The molecule has 0 aromatic heterocycles. The Bertz CT molecular complexity index is 374. The molecule has 0 unspecified atom stereocenters. The number of benzene rings is 1. The van der Waals surface area contributed by atoms with Crippen LogP contribution in [0, 0.1) is 6.54 Å². The molecule has 2 nitrogen and oxygen atoms in total. The summed E-state index contributed by atoms with van der Waals surface area (Å²) in [5.41, 5.74) is 10.4. The van der Waals surface area contributed by atoms with Gasteiger partial charge in [-0.1, -0.05) is 12.2 Å². The van der Waals surface area contributed by atoms with Gasteiger partial charge < -0.3 is 10.6 Å². The van der Waals surface area contributed by atoms with Gasteiger partial charge in [0.05, 0.1) is 6.54 Å². The largest absolute Gasteiger partial charge is 0.399 e. The van der Waals surface area contributed by atoms with Crippen molar-refractivity contribution in [3.8, 4) is 0 Å². The highest BCUT2D eigenvalue weighted by molar-refractivity contribution is 5.53. The Hall–Kier alpha value is -1.54. The number of hydrogen-bond donors (Lipinski definition) is 1. The summed E-state index contributed by atoms with van der Waals surface area (Å²) in [5, 5.41) is 0. The molecule has 1 aromatic carbocycles. The van der Waals surface area contributed by atoms with Crippen LogP contribution in [-0.4, -0.2) is 19.0 Å². The van der Waals surface area contributed by atoms with Gasteiger partial charge in [-0.15, -0.1) is 13.2 Å². The summed E-state index contributed by atoms with van der Waals surface area (Å²) >= 11 is 0. The van der Waals surface area contributed by atoms with Crippen LogP contribution in [0.3, 0.4) is 0 Å². The number of anilines is 1. The van der Waals surface area contributed by atoms with Crippen LogP contribution in [0.1, 0.15) is 16.7 Å². The fourth-order valence-corrected chi connectivity index (χ4v) is 1.88. The Labute approximate surface area is 104 Å². The van der Waals surface area contributed by atoms with Gasteiger partial charge in [-0.3, -0.25) is 0 Å². The second-order valence-electron chi connectivity index (χ2n) is 4.33. The Morgan fingerprint density at radius 3 is 1.94 bits per heavy atom. The van der Waals surface area contributed by atoms with Crippen LogP contribution in [0.15, 0.2) is 37.4 Å². The first-order valence-electron chi connectivity index (χ1n) is 5.72. The molecule has 0 saturated heterocycles. The molecule has 2 heteroatoms. The van der Waals surface area contributed by atoms with Crippen molar-refractivity contribution >= 4 is 5.69 Å². The molecule has 91 valence electrons. The number of allylic oxidation sites excluding steroid dienone is 2. The highest BCUT2D eigenvalue weighted by Crippen LogP contribution is 2.23. The van der Waals surface area contributed by atoms with Crippen LogP contribution >= 0.6 is 0 Å². The summed E-state index contributed by atoms with van der Waals surface area (Å²) in [6, 6.07) is 4.03. The molecule has 0 spiro atoms. The van der Waals surface area contributed by atoms with E-state index < -0.39 is 0 Å². The van der Waals surface area contributed by atoms with E-state index in [1.165, 1.54) is 16.7 Å². The van der Waals surface area contributed by atoms with Crippen molar-refractivity contribution in [1.82, 2.24) is 4.90 Å². The van der Waals surface area contributed by atoms with E-state index in [9.17, 15) is 0 Å². The summed E-state index contributed by atoms with van der Waals surface area (Å²) in [7, 11) is 4.04. The van der Waals surface area contributed by atoms with Crippen LogP contribution in [0.2, 0.25) is 0 Å². The first-order valence-corrected chi connectivity index (χ1v) is 5.72. The summed E-state index contributed by atoms with van der Waals surface area (Å²) in [4.78, 5) is 2.05. The first-order chi connectivity index (χ1) is 8.08. The van der Waals surface area contributed by atoms with Gasteiger partial charge in [0.2, 0.25) is 0 Å². The van der Waals surface area contributed by atoms with Crippen molar-refractivity contribution in [2.45, 2.75) is 12.8 Å². The molecule has 0 bridgehead atoms.